The number of benzene rings is 3. The first kappa shape index (κ1) is 22.2. The minimum Gasteiger partial charge on any atom is -0.488 e. The lowest BCUT2D eigenvalue weighted by Gasteiger charge is -2.18. The highest BCUT2D eigenvalue weighted by Gasteiger charge is 2.13. The number of amides is 1. The van der Waals surface area contributed by atoms with Crippen LogP contribution in [0.3, 0.4) is 0 Å². The Morgan fingerprint density at radius 2 is 1.78 bits per heavy atom. The molecule has 0 fully saturated rings. The van der Waals surface area contributed by atoms with Crippen LogP contribution >= 0.6 is 27.5 Å². The predicted molar refractivity (Wildman–Crippen MR) is 127 cm³/mol. The summed E-state index contributed by atoms with van der Waals surface area (Å²) in [6, 6.07) is 18.6. The summed E-state index contributed by atoms with van der Waals surface area (Å²) < 4.78 is 17.7. The topological polar surface area (TPSA) is 69.2 Å². The van der Waals surface area contributed by atoms with Gasteiger partial charge in [0, 0.05) is 5.02 Å². The molecule has 1 N–H and O–H groups in total. The van der Waals surface area contributed by atoms with Gasteiger partial charge < -0.3 is 14.2 Å². The quantitative estimate of drug-likeness (QED) is 0.349. The second kappa shape index (κ2) is 10.5. The number of hydrogen-bond acceptors (Lipinski definition) is 5. The van der Waals surface area contributed by atoms with Crippen molar-refractivity contribution in [2.75, 3.05) is 13.2 Å². The van der Waals surface area contributed by atoms with E-state index in [2.05, 4.69) is 26.5 Å². The van der Waals surface area contributed by atoms with Crippen molar-refractivity contribution in [2.24, 2.45) is 5.10 Å². The molecule has 1 heterocycles. The fraction of sp³-hybridized carbons (Fsp3) is 0.167. The van der Waals surface area contributed by atoms with Crippen molar-refractivity contribution in [3.05, 3.63) is 86.8 Å². The second-order valence-corrected chi connectivity index (χ2v) is 8.34. The normalized spacial score (nSPS) is 12.6. The monoisotopic (exact) mass is 514 g/mol. The molecule has 32 heavy (non-hydrogen) atoms. The summed E-state index contributed by atoms with van der Waals surface area (Å²) in [5.41, 5.74) is 5.21. The van der Waals surface area contributed by atoms with Crippen molar-refractivity contribution in [3.8, 4) is 17.2 Å². The predicted octanol–water partition coefficient (Wildman–Crippen LogP) is 5.15. The summed E-state index contributed by atoms with van der Waals surface area (Å²) in [5, 5.41) is 4.73. The van der Waals surface area contributed by atoms with Gasteiger partial charge in [0.2, 0.25) is 5.91 Å². The number of carbonyl (C=O) groups excluding carboxylic acids is 1. The Bertz CT molecular complexity index is 1140. The molecule has 0 atom stereocenters. The number of fused-ring (bicyclic) bond motifs is 1. The fourth-order valence-electron chi connectivity index (χ4n) is 3.06. The SMILES string of the molecule is O=C(Cc1ccc2c(c1)OCCO2)N/N=C/c1ccc(OCc2ccc(Cl)cc2)c(Br)c1. The molecule has 0 radical (unpaired) electrons. The number of nitrogens with zero attached hydrogens (tertiary/aromatic N) is 1. The van der Waals surface area contributed by atoms with E-state index in [0.717, 1.165) is 21.2 Å². The number of halogens is 2. The zero-order valence-electron chi connectivity index (χ0n) is 17.0. The number of rotatable bonds is 7. The highest BCUT2D eigenvalue weighted by Crippen LogP contribution is 2.31. The van der Waals surface area contributed by atoms with Crippen molar-refractivity contribution < 1.29 is 19.0 Å². The summed E-state index contributed by atoms with van der Waals surface area (Å²) in [6.07, 6.45) is 1.77. The van der Waals surface area contributed by atoms with E-state index in [1.807, 2.05) is 60.7 Å². The molecule has 0 spiro atoms. The van der Waals surface area contributed by atoms with Gasteiger partial charge in [-0.2, -0.15) is 5.10 Å². The zero-order chi connectivity index (χ0) is 22.3. The van der Waals surface area contributed by atoms with E-state index in [4.69, 9.17) is 25.8 Å². The molecule has 0 aromatic heterocycles. The van der Waals surface area contributed by atoms with Gasteiger partial charge in [0.1, 0.15) is 25.6 Å². The smallest absolute Gasteiger partial charge is 0.244 e. The largest absolute Gasteiger partial charge is 0.488 e. The highest BCUT2D eigenvalue weighted by molar-refractivity contribution is 9.10. The molecule has 8 heteroatoms. The molecule has 3 aromatic rings. The molecule has 3 aromatic carbocycles. The maximum atomic E-state index is 12.2. The van der Waals surface area contributed by atoms with Crippen molar-refractivity contribution in [2.45, 2.75) is 13.0 Å². The average molecular weight is 516 g/mol. The zero-order valence-corrected chi connectivity index (χ0v) is 19.4. The maximum Gasteiger partial charge on any atom is 0.244 e. The van der Waals surface area contributed by atoms with Gasteiger partial charge in [-0.25, -0.2) is 5.43 Å². The molecule has 0 aliphatic carbocycles. The molecule has 1 aliphatic rings. The summed E-state index contributed by atoms with van der Waals surface area (Å²) in [7, 11) is 0. The Kier molecular flexibility index (Phi) is 7.29. The van der Waals surface area contributed by atoms with Crippen molar-refractivity contribution >= 4 is 39.7 Å². The van der Waals surface area contributed by atoms with Gasteiger partial charge in [-0.15, -0.1) is 0 Å². The van der Waals surface area contributed by atoms with Crippen LogP contribution in [0.2, 0.25) is 5.02 Å². The lowest BCUT2D eigenvalue weighted by Crippen LogP contribution is -2.20. The number of hydrazone groups is 1. The third-order valence-corrected chi connectivity index (χ3v) is 5.51. The van der Waals surface area contributed by atoms with Crippen LogP contribution in [0.15, 0.2) is 70.2 Å². The summed E-state index contributed by atoms with van der Waals surface area (Å²) in [5.74, 6) is 1.84. The van der Waals surface area contributed by atoms with E-state index in [9.17, 15) is 4.79 Å². The van der Waals surface area contributed by atoms with Gasteiger partial charge in [0.05, 0.1) is 17.1 Å². The number of carbonyl (C=O) groups is 1. The Morgan fingerprint density at radius 1 is 1.03 bits per heavy atom. The van der Waals surface area contributed by atoms with E-state index in [1.54, 1.807) is 6.21 Å². The molecule has 4 rings (SSSR count). The van der Waals surface area contributed by atoms with E-state index in [0.29, 0.717) is 42.1 Å². The van der Waals surface area contributed by atoms with Crippen LogP contribution in [0.25, 0.3) is 0 Å². The van der Waals surface area contributed by atoms with Crippen LogP contribution in [-0.4, -0.2) is 25.3 Å². The third kappa shape index (κ3) is 6.02. The average Bonchev–Trinajstić information content (AvgIpc) is 2.79. The second-order valence-electron chi connectivity index (χ2n) is 7.05. The number of nitrogens with one attached hydrogen (secondary N) is 1. The Morgan fingerprint density at radius 3 is 2.56 bits per heavy atom. The molecule has 6 nitrogen and oxygen atoms in total. The lowest BCUT2D eigenvalue weighted by molar-refractivity contribution is -0.120. The summed E-state index contributed by atoms with van der Waals surface area (Å²) >= 11 is 9.41. The Labute approximate surface area is 199 Å². The first-order chi connectivity index (χ1) is 15.6. The van der Waals surface area contributed by atoms with Gasteiger partial charge >= 0.3 is 0 Å². The molecule has 1 amide bonds. The summed E-state index contributed by atoms with van der Waals surface area (Å²) in [6.45, 7) is 1.47. The van der Waals surface area contributed by atoms with Crippen LogP contribution in [0.1, 0.15) is 16.7 Å². The van der Waals surface area contributed by atoms with Gasteiger partial charge in [-0.05, 0) is 75.1 Å². The molecular formula is C24H20BrClN2O4. The number of ether oxygens (including phenoxy) is 3. The molecule has 1 aliphatic heterocycles. The standard InChI is InChI=1S/C24H20BrClN2O4/c25-20-11-18(4-7-21(20)32-15-16-1-5-19(26)6-2-16)14-27-28-24(29)13-17-3-8-22-23(12-17)31-10-9-30-22/h1-8,11-12,14H,9-10,13,15H2,(H,28,29)/b27-14+. The van der Waals surface area contributed by atoms with Gasteiger partial charge in [0.15, 0.2) is 11.5 Å². The van der Waals surface area contributed by atoms with Crippen molar-refractivity contribution in [1.82, 2.24) is 5.43 Å². The van der Waals surface area contributed by atoms with E-state index in [-0.39, 0.29) is 12.3 Å². The summed E-state index contributed by atoms with van der Waals surface area (Å²) in [4.78, 5) is 12.2. The van der Waals surface area contributed by atoms with Gasteiger partial charge in [-0.3, -0.25) is 4.79 Å². The van der Waals surface area contributed by atoms with Crippen molar-refractivity contribution in [3.63, 3.8) is 0 Å². The Balaban J connectivity index is 1.29. The van der Waals surface area contributed by atoms with Gasteiger partial charge in [0.25, 0.3) is 0 Å². The lowest BCUT2D eigenvalue weighted by atomic mass is 10.1. The van der Waals surface area contributed by atoms with Gasteiger partial charge in [-0.1, -0.05) is 29.8 Å². The van der Waals surface area contributed by atoms with E-state index in [1.165, 1.54) is 0 Å². The van der Waals surface area contributed by atoms with Crippen LogP contribution < -0.4 is 19.6 Å². The first-order valence-electron chi connectivity index (χ1n) is 9.94. The minimum absolute atomic E-state index is 0.190. The van der Waals surface area contributed by atoms with E-state index < -0.39 is 0 Å². The maximum absolute atomic E-state index is 12.2. The molecular weight excluding hydrogens is 496 g/mol. The first-order valence-corrected chi connectivity index (χ1v) is 11.1. The third-order valence-electron chi connectivity index (χ3n) is 4.64. The van der Waals surface area contributed by atoms with Crippen LogP contribution in [0, 0.1) is 0 Å². The minimum atomic E-state index is -0.222. The molecule has 164 valence electrons. The highest BCUT2D eigenvalue weighted by atomic mass is 79.9. The molecule has 0 saturated carbocycles. The fourth-order valence-corrected chi connectivity index (χ4v) is 3.69. The van der Waals surface area contributed by atoms with Crippen molar-refractivity contribution in [1.29, 1.82) is 0 Å². The van der Waals surface area contributed by atoms with E-state index >= 15 is 0 Å². The van der Waals surface area contributed by atoms with Crippen LogP contribution in [0.4, 0.5) is 0 Å². The molecule has 0 bridgehead atoms. The van der Waals surface area contributed by atoms with Crippen LogP contribution in [-0.2, 0) is 17.8 Å². The number of hydrogen-bond donors (Lipinski definition) is 1. The Hall–Kier alpha value is -3.03. The molecule has 0 unspecified atom stereocenters. The molecule has 0 saturated heterocycles. The van der Waals surface area contributed by atoms with Crippen LogP contribution in [0.5, 0.6) is 17.2 Å².